The van der Waals surface area contributed by atoms with Gasteiger partial charge in [0.1, 0.15) is 11.5 Å². The van der Waals surface area contributed by atoms with Crippen LogP contribution in [0.2, 0.25) is 0 Å². The topological polar surface area (TPSA) is 75.9 Å². The van der Waals surface area contributed by atoms with Crippen molar-refractivity contribution in [1.82, 2.24) is 9.80 Å². The van der Waals surface area contributed by atoms with Gasteiger partial charge in [-0.05, 0) is 31.0 Å². The number of hydrogen-bond acceptors (Lipinski definition) is 5. The van der Waals surface area contributed by atoms with E-state index in [1.54, 1.807) is 17.0 Å². The summed E-state index contributed by atoms with van der Waals surface area (Å²) in [5.74, 6) is 0.706. The van der Waals surface area contributed by atoms with E-state index in [4.69, 9.17) is 4.74 Å². The Labute approximate surface area is 170 Å². The summed E-state index contributed by atoms with van der Waals surface area (Å²) in [5, 5.41) is 11.2. The maximum absolute atomic E-state index is 13.2. The zero-order valence-electron chi connectivity index (χ0n) is 16.3. The average Bonchev–Trinajstić information content (AvgIpc) is 3.29. The predicted octanol–water partition coefficient (Wildman–Crippen LogP) is 4.09. The fraction of sp³-hybridized carbons (Fsp3) is 0.409. The van der Waals surface area contributed by atoms with E-state index < -0.39 is 4.92 Å². The number of piperazine rings is 1. The van der Waals surface area contributed by atoms with Crippen LogP contribution in [0, 0.1) is 10.1 Å². The number of amides is 1. The number of non-ortho nitro benzene ring substituents is 1. The first-order valence-corrected chi connectivity index (χ1v) is 10.2. The van der Waals surface area contributed by atoms with Gasteiger partial charge < -0.3 is 9.64 Å². The standard InChI is InChI=1S/C22H25N3O4/c26-22(24-14-12-23(13-15-24)17-6-4-5-7-17)20-16-18(25(27)28)10-11-21(20)29-19-8-2-1-3-9-19/h1-3,8-11,16-17H,4-7,12-15H2. The molecule has 0 bridgehead atoms. The van der Waals surface area contributed by atoms with Crippen molar-refractivity contribution in [3.8, 4) is 11.5 Å². The van der Waals surface area contributed by atoms with E-state index in [0.29, 0.717) is 30.6 Å². The van der Waals surface area contributed by atoms with E-state index >= 15 is 0 Å². The fourth-order valence-electron chi connectivity index (χ4n) is 4.23. The number of para-hydroxylation sites is 1. The van der Waals surface area contributed by atoms with Crippen molar-refractivity contribution in [3.05, 3.63) is 64.2 Å². The largest absolute Gasteiger partial charge is 0.457 e. The Balaban J connectivity index is 1.53. The molecular weight excluding hydrogens is 370 g/mol. The zero-order chi connectivity index (χ0) is 20.2. The molecular formula is C22H25N3O4. The Hall–Kier alpha value is -2.93. The van der Waals surface area contributed by atoms with Crippen LogP contribution >= 0.6 is 0 Å². The summed E-state index contributed by atoms with van der Waals surface area (Å²) >= 11 is 0. The molecule has 7 heteroatoms. The molecule has 1 amide bonds. The molecule has 2 aromatic rings. The highest BCUT2D eigenvalue weighted by Crippen LogP contribution is 2.30. The third-order valence-electron chi connectivity index (χ3n) is 5.82. The smallest absolute Gasteiger partial charge is 0.270 e. The molecule has 2 aliphatic rings. The van der Waals surface area contributed by atoms with Gasteiger partial charge in [-0.2, -0.15) is 0 Å². The predicted molar refractivity (Wildman–Crippen MR) is 109 cm³/mol. The van der Waals surface area contributed by atoms with Crippen LogP contribution in [0.15, 0.2) is 48.5 Å². The number of rotatable bonds is 5. The molecule has 7 nitrogen and oxygen atoms in total. The van der Waals surface area contributed by atoms with Gasteiger partial charge in [-0.15, -0.1) is 0 Å². The van der Waals surface area contributed by atoms with E-state index in [1.165, 1.54) is 43.9 Å². The quantitative estimate of drug-likeness (QED) is 0.563. The minimum absolute atomic E-state index is 0.113. The number of carbonyl (C=O) groups excluding carboxylic acids is 1. The molecule has 0 radical (unpaired) electrons. The lowest BCUT2D eigenvalue weighted by Crippen LogP contribution is -2.51. The number of hydrogen-bond donors (Lipinski definition) is 0. The van der Waals surface area contributed by atoms with Crippen LogP contribution in [-0.2, 0) is 0 Å². The van der Waals surface area contributed by atoms with Crippen molar-refractivity contribution in [3.63, 3.8) is 0 Å². The lowest BCUT2D eigenvalue weighted by Gasteiger charge is -2.38. The van der Waals surface area contributed by atoms with Crippen molar-refractivity contribution in [2.45, 2.75) is 31.7 Å². The summed E-state index contributed by atoms with van der Waals surface area (Å²) in [7, 11) is 0. The molecule has 0 spiro atoms. The molecule has 1 saturated carbocycles. The first-order chi connectivity index (χ1) is 14.1. The van der Waals surface area contributed by atoms with Gasteiger partial charge in [-0.25, -0.2) is 0 Å². The summed E-state index contributed by atoms with van der Waals surface area (Å²) in [5.41, 5.74) is 0.121. The van der Waals surface area contributed by atoms with E-state index in [0.717, 1.165) is 13.1 Å². The molecule has 1 aliphatic carbocycles. The number of nitro benzene ring substituents is 1. The zero-order valence-corrected chi connectivity index (χ0v) is 16.3. The Kier molecular flexibility index (Phi) is 5.76. The molecule has 0 unspecified atom stereocenters. The Morgan fingerprint density at radius 1 is 1.00 bits per heavy atom. The highest BCUT2D eigenvalue weighted by atomic mass is 16.6. The van der Waals surface area contributed by atoms with Crippen LogP contribution in [0.5, 0.6) is 11.5 Å². The van der Waals surface area contributed by atoms with Gasteiger partial charge in [0.25, 0.3) is 11.6 Å². The van der Waals surface area contributed by atoms with Crippen molar-refractivity contribution in [2.24, 2.45) is 0 Å². The van der Waals surface area contributed by atoms with E-state index in [1.807, 2.05) is 18.2 Å². The van der Waals surface area contributed by atoms with E-state index in [-0.39, 0.29) is 17.2 Å². The van der Waals surface area contributed by atoms with E-state index in [9.17, 15) is 14.9 Å². The van der Waals surface area contributed by atoms with Crippen molar-refractivity contribution in [1.29, 1.82) is 0 Å². The lowest BCUT2D eigenvalue weighted by molar-refractivity contribution is -0.384. The maximum Gasteiger partial charge on any atom is 0.270 e. The molecule has 0 N–H and O–H groups in total. The van der Waals surface area contributed by atoms with Gasteiger partial charge in [-0.1, -0.05) is 31.0 Å². The maximum atomic E-state index is 13.2. The minimum Gasteiger partial charge on any atom is -0.457 e. The number of benzene rings is 2. The van der Waals surface area contributed by atoms with E-state index in [2.05, 4.69) is 4.90 Å². The van der Waals surface area contributed by atoms with Crippen LogP contribution in [-0.4, -0.2) is 52.9 Å². The van der Waals surface area contributed by atoms with Gasteiger partial charge in [0.05, 0.1) is 10.5 Å². The normalized spacial score (nSPS) is 18.0. The number of nitrogens with zero attached hydrogens (tertiary/aromatic N) is 3. The molecule has 1 aliphatic heterocycles. The fourth-order valence-corrected chi connectivity index (χ4v) is 4.23. The molecule has 0 aromatic heterocycles. The minimum atomic E-state index is -0.485. The highest BCUT2D eigenvalue weighted by molar-refractivity contribution is 5.97. The Morgan fingerprint density at radius 2 is 1.69 bits per heavy atom. The third-order valence-corrected chi connectivity index (χ3v) is 5.82. The Morgan fingerprint density at radius 3 is 2.34 bits per heavy atom. The monoisotopic (exact) mass is 395 g/mol. The van der Waals surface area contributed by atoms with Crippen LogP contribution in [0.25, 0.3) is 0 Å². The third kappa shape index (κ3) is 4.40. The second kappa shape index (κ2) is 8.61. The summed E-state index contributed by atoms with van der Waals surface area (Å²) in [6, 6.07) is 14.0. The molecule has 2 fully saturated rings. The molecule has 29 heavy (non-hydrogen) atoms. The number of carbonyl (C=O) groups is 1. The molecule has 2 aromatic carbocycles. The highest BCUT2D eigenvalue weighted by Gasteiger charge is 2.30. The molecule has 1 heterocycles. The van der Waals surface area contributed by atoms with Gasteiger partial charge in [0, 0.05) is 44.4 Å². The van der Waals surface area contributed by atoms with Crippen LogP contribution in [0.4, 0.5) is 5.69 Å². The summed E-state index contributed by atoms with van der Waals surface area (Å²) in [4.78, 5) is 28.2. The molecule has 152 valence electrons. The van der Waals surface area contributed by atoms with Crippen LogP contribution in [0.3, 0.4) is 0 Å². The Bertz CT molecular complexity index is 873. The van der Waals surface area contributed by atoms with Crippen LogP contribution in [0.1, 0.15) is 36.0 Å². The molecule has 0 atom stereocenters. The summed E-state index contributed by atoms with van der Waals surface area (Å²) in [6.07, 6.45) is 5.07. The molecule has 4 rings (SSSR count). The second-order valence-corrected chi connectivity index (χ2v) is 7.62. The average molecular weight is 395 g/mol. The number of nitro groups is 1. The first kappa shape index (κ1) is 19.4. The lowest BCUT2D eigenvalue weighted by atomic mass is 10.1. The van der Waals surface area contributed by atoms with Crippen molar-refractivity contribution < 1.29 is 14.5 Å². The van der Waals surface area contributed by atoms with Crippen molar-refractivity contribution in [2.75, 3.05) is 26.2 Å². The summed E-state index contributed by atoms with van der Waals surface area (Å²) in [6.45, 7) is 2.95. The van der Waals surface area contributed by atoms with Crippen molar-refractivity contribution >= 4 is 11.6 Å². The second-order valence-electron chi connectivity index (χ2n) is 7.62. The summed E-state index contributed by atoms with van der Waals surface area (Å²) < 4.78 is 5.88. The van der Waals surface area contributed by atoms with Gasteiger partial charge in [0.15, 0.2) is 0 Å². The van der Waals surface area contributed by atoms with Gasteiger partial charge >= 0.3 is 0 Å². The number of ether oxygens (including phenoxy) is 1. The first-order valence-electron chi connectivity index (χ1n) is 10.2. The SMILES string of the molecule is O=C(c1cc([N+](=O)[O-])ccc1Oc1ccccc1)N1CCN(C2CCCC2)CC1. The van der Waals surface area contributed by atoms with Gasteiger partial charge in [0.2, 0.25) is 0 Å². The molecule has 1 saturated heterocycles. The van der Waals surface area contributed by atoms with Gasteiger partial charge in [-0.3, -0.25) is 19.8 Å². The van der Waals surface area contributed by atoms with Crippen LogP contribution < -0.4 is 4.74 Å².